The van der Waals surface area contributed by atoms with E-state index in [0.717, 1.165) is 6.42 Å². The molecule has 1 saturated carbocycles. The molecule has 0 heterocycles. The third-order valence-electron chi connectivity index (χ3n) is 2.75. The van der Waals surface area contributed by atoms with Gasteiger partial charge in [-0.05, 0) is 27.2 Å². The van der Waals surface area contributed by atoms with Gasteiger partial charge in [0.2, 0.25) is 0 Å². The standard InChI is InChI=1S/C10H21NO/c1-9(2,3)12-8-6-7(11)10(8,4)5/h7-8H,6,11H2,1-5H3/t7-,8+/m0/s1. The molecule has 72 valence electrons. The lowest BCUT2D eigenvalue weighted by atomic mass is 9.65. The van der Waals surface area contributed by atoms with Crippen LogP contribution in [0.15, 0.2) is 0 Å². The third kappa shape index (κ3) is 1.80. The Bertz CT molecular complexity index is 169. The number of rotatable bonds is 1. The lowest BCUT2D eigenvalue weighted by Gasteiger charge is -2.51. The highest BCUT2D eigenvalue weighted by Crippen LogP contribution is 2.42. The third-order valence-corrected chi connectivity index (χ3v) is 2.75. The van der Waals surface area contributed by atoms with Crippen molar-refractivity contribution < 1.29 is 4.74 Å². The summed E-state index contributed by atoms with van der Waals surface area (Å²) in [6, 6.07) is 0.310. The molecule has 0 aromatic heterocycles. The Morgan fingerprint density at radius 3 is 2.08 bits per heavy atom. The zero-order valence-electron chi connectivity index (χ0n) is 8.85. The second-order valence-corrected chi connectivity index (χ2v) is 5.38. The van der Waals surface area contributed by atoms with E-state index in [2.05, 4.69) is 34.6 Å². The average molecular weight is 171 g/mol. The molecule has 1 fully saturated rings. The topological polar surface area (TPSA) is 35.2 Å². The summed E-state index contributed by atoms with van der Waals surface area (Å²) in [6.07, 6.45) is 1.34. The van der Waals surface area contributed by atoms with Crippen molar-refractivity contribution in [3.63, 3.8) is 0 Å². The highest BCUT2D eigenvalue weighted by molar-refractivity contribution is 5.01. The number of hydrogen-bond donors (Lipinski definition) is 1. The Labute approximate surface area is 75.5 Å². The first-order chi connectivity index (χ1) is 5.23. The van der Waals surface area contributed by atoms with Crippen molar-refractivity contribution in [2.45, 2.75) is 58.8 Å². The van der Waals surface area contributed by atoms with E-state index in [1.807, 2.05) is 0 Å². The van der Waals surface area contributed by atoms with Crippen LogP contribution in [0.3, 0.4) is 0 Å². The fourth-order valence-corrected chi connectivity index (χ4v) is 1.54. The van der Waals surface area contributed by atoms with Gasteiger partial charge in [0.25, 0.3) is 0 Å². The molecule has 0 saturated heterocycles. The van der Waals surface area contributed by atoms with Crippen LogP contribution < -0.4 is 5.73 Å². The molecule has 0 radical (unpaired) electrons. The molecule has 2 nitrogen and oxygen atoms in total. The molecule has 0 spiro atoms. The maximum Gasteiger partial charge on any atom is 0.0662 e. The van der Waals surface area contributed by atoms with E-state index in [4.69, 9.17) is 10.5 Å². The summed E-state index contributed by atoms with van der Waals surface area (Å²) in [7, 11) is 0. The molecule has 1 aliphatic rings. The second kappa shape index (κ2) is 2.71. The van der Waals surface area contributed by atoms with Gasteiger partial charge < -0.3 is 10.5 Å². The van der Waals surface area contributed by atoms with Crippen LogP contribution in [0.25, 0.3) is 0 Å². The van der Waals surface area contributed by atoms with E-state index in [1.54, 1.807) is 0 Å². The van der Waals surface area contributed by atoms with Gasteiger partial charge in [-0.3, -0.25) is 0 Å². The van der Waals surface area contributed by atoms with Gasteiger partial charge in [-0.15, -0.1) is 0 Å². The van der Waals surface area contributed by atoms with Gasteiger partial charge in [-0.1, -0.05) is 13.8 Å². The highest BCUT2D eigenvalue weighted by Gasteiger charge is 2.48. The van der Waals surface area contributed by atoms with Crippen LogP contribution in [0.1, 0.15) is 41.0 Å². The summed E-state index contributed by atoms with van der Waals surface area (Å²) in [4.78, 5) is 0. The number of nitrogens with two attached hydrogens (primary N) is 1. The predicted molar refractivity (Wildman–Crippen MR) is 51.0 cm³/mol. The van der Waals surface area contributed by atoms with Crippen molar-refractivity contribution >= 4 is 0 Å². The molecule has 2 heteroatoms. The van der Waals surface area contributed by atoms with Crippen LogP contribution in [-0.4, -0.2) is 17.7 Å². The van der Waals surface area contributed by atoms with Crippen LogP contribution in [0, 0.1) is 5.41 Å². The first-order valence-electron chi connectivity index (χ1n) is 4.67. The van der Waals surface area contributed by atoms with Gasteiger partial charge in [0.1, 0.15) is 0 Å². The number of ether oxygens (including phenoxy) is 1. The molecule has 0 unspecified atom stereocenters. The molecular weight excluding hydrogens is 150 g/mol. The van der Waals surface area contributed by atoms with Crippen molar-refractivity contribution in [1.29, 1.82) is 0 Å². The molecule has 0 amide bonds. The molecular formula is C10H21NO. The minimum Gasteiger partial charge on any atom is -0.372 e. The van der Waals surface area contributed by atoms with Crippen LogP contribution in [0.4, 0.5) is 0 Å². The summed E-state index contributed by atoms with van der Waals surface area (Å²) < 4.78 is 5.88. The van der Waals surface area contributed by atoms with E-state index in [0.29, 0.717) is 12.1 Å². The summed E-state index contributed by atoms with van der Waals surface area (Å²) in [5, 5.41) is 0. The van der Waals surface area contributed by atoms with Gasteiger partial charge in [-0.25, -0.2) is 0 Å². The summed E-state index contributed by atoms with van der Waals surface area (Å²) in [5.41, 5.74) is 6.01. The molecule has 1 rings (SSSR count). The number of hydrogen-bond acceptors (Lipinski definition) is 2. The molecule has 0 aliphatic heterocycles. The normalized spacial score (nSPS) is 34.5. The average Bonchev–Trinajstić information content (AvgIpc) is 1.84. The molecule has 0 bridgehead atoms. The first-order valence-corrected chi connectivity index (χ1v) is 4.67. The summed E-state index contributed by atoms with van der Waals surface area (Å²) >= 11 is 0. The molecule has 2 N–H and O–H groups in total. The fourth-order valence-electron chi connectivity index (χ4n) is 1.54. The van der Waals surface area contributed by atoms with Crippen molar-refractivity contribution in [1.82, 2.24) is 0 Å². The first kappa shape index (κ1) is 10.0. The Balaban J connectivity index is 2.48. The monoisotopic (exact) mass is 171 g/mol. The lowest BCUT2D eigenvalue weighted by Crippen LogP contribution is -2.60. The van der Waals surface area contributed by atoms with Gasteiger partial charge in [-0.2, -0.15) is 0 Å². The Morgan fingerprint density at radius 2 is 1.83 bits per heavy atom. The van der Waals surface area contributed by atoms with Crippen LogP contribution in [0.5, 0.6) is 0 Å². The minimum atomic E-state index is -0.0396. The SMILES string of the molecule is CC(C)(C)O[C@@H]1C[C@H](N)C1(C)C. The Morgan fingerprint density at radius 1 is 1.33 bits per heavy atom. The minimum absolute atomic E-state index is 0.0396. The largest absolute Gasteiger partial charge is 0.372 e. The van der Waals surface area contributed by atoms with Crippen molar-refractivity contribution in [2.24, 2.45) is 11.1 Å². The van der Waals surface area contributed by atoms with Crippen molar-refractivity contribution in [3.05, 3.63) is 0 Å². The van der Waals surface area contributed by atoms with E-state index in [9.17, 15) is 0 Å². The van der Waals surface area contributed by atoms with Gasteiger partial charge in [0.15, 0.2) is 0 Å². The van der Waals surface area contributed by atoms with E-state index >= 15 is 0 Å². The van der Waals surface area contributed by atoms with Crippen molar-refractivity contribution in [3.8, 4) is 0 Å². The Kier molecular flexibility index (Phi) is 2.26. The lowest BCUT2D eigenvalue weighted by molar-refractivity contribution is -0.166. The second-order valence-electron chi connectivity index (χ2n) is 5.38. The summed E-state index contributed by atoms with van der Waals surface area (Å²) in [6.45, 7) is 10.6. The zero-order valence-corrected chi connectivity index (χ0v) is 8.85. The molecule has 0 aromatic rings. The molecule has 0 aromatic carbocycles. The van der Waals surface area contributed by atoms with E-state index in [1.165, 1.54) is 0 Å². The highest BCUT2D eigenvalue weighted by atomic mass is 16.5. The van der Waals surface area contributed by atoms with Gasteiger partial charge in [0.05, 0.1) is 11.7 Å². The van der Waals surface area contributed by atoms with Gasteiger partial charge >= 0.3 is 0 Å². The fraction of sp³-hybridized carbons (Fsp3) is 1.00. The maximum atomic E-state index is 5.89. The zero-order chi connectivity index (χ0) is 9.57. The van der Waals surface area contributed by atoms with Crippen LogP contribution in [0.2, 0.25) is 0 Å². The quantitative estimate of drug-likeness (QED) is 0.654. The van der Waals surface area contributed by atoms with Gasteiger partial charge in [0, 0.05) is 11.5 Å². The van der Waals surface area contributed by atoms with Crippen LogP contribution in [-0.2, 0) is 4.74 Å². The van der Waals surface area contributed by atoms with Crippen molar-refractivity contribution in [2.75, 3.05) is 0 Å². The predicted octanol–water partition coefficient (Wildman–Crippen LogP) is 1.93. The smallest absolute Gasteiger partial charge is 0.0662 e. The molecule has 12 heavy (non-hydrogen) atoms. The maximum absolute atomic E-state index is 5.89. The van der Waals surface area contributed by atoms with E-state index in [-0.39, 0.29) is 11.0 Å². The van der Waals surface area contributed by atoms with E-state index < -0.39 is 0 Å². The molecule has 1 aliphatic carbocycles. The van der Waals surface area contributed by atoms with Crippen LogP contribution >= 0.6 is 0 Å². The molecule has 2 atom stereocenters. The summed E-state index contributed by atoms with van der Waals surface area (Å²) in [5.74, 6) is 0. The Hall–Kier alpha value is -0.0800.